The molecule has 4 rings (SSSR count). The number of nitrogens with zero attached hydrogens (tertiary/aromatic N) is 1. The second-order valence-electron chi connectivity index (χ2n) is 8.44. The Balaban J connectivity index is 1.37. The van der Waals surface area contributed by atoms with Crippen molar-refractivity contribution in [2.24, 2.45) is 0 Å². The van der Waals surface area contributed by atoms with Crippen LogP contribution in [0.5, 0.6) is 23.0 Å². The molecule has 2 aliphatic rings. The van der Waals surface area contributed by atoms with E-state index in [1.807, 2.05) is 4.90 Å². The summed E-state index contributed by atoms with van der Waals surface area (Å²) < 4.78 is 35.7. The van der Waals surface area contributed by atoms with Crippen molar-refractivity contribution in [3.8, 4) is 23.0 Å². The number of amides is 1. The van der Waals surface area contributed by atoms with Crippen LogP contribution in [0.4, 0.5) is 4.39 Å². The van der Waals surface area contributed by atoms with Gasteiger partial charge in [-0.05, 0) is 48.4 Å². The molecule has 34 heavy (non-hydrogen) atoms. The van der Waals surface area contributed by atoms with E-state index in [9.17, 15) is 14.3 Å². The van der Waals surface area contributed by atoms with Crippen molar-refractivity contribution in [1.82, 2.24) is 10.2 Å². The van der Waals surface area contributed by atoms with Crippen LogP contribution in [0.2, 0.25) is 0 Å². The topological polar surface area (TPSA) is 89.5 Å². The highest BCUT2D eigenvalue weighted by Gasteiger charge is 2.30. The number of carbonyl (C=O) groups is 1. The number of halogens is 1. The molecule has 1 fully saturated rings. The lowest BCUT2D eigenvalue weighted by atomic mass is 10.0. The number of rotatable bonds is 10. The van der Waals surface area contributed by atoms with Crippen LogP contribution in [0, 0.1) is 0 Å². The summed E-state index contributed by atoms with van der Waals surface area (Å²) in [6.07, 6.45) is -1.32. The van der Waals surface area contributed by atoms with Gasteiger partial charge in [0.15, 0.2) is 11.5 Å². The molecule has 2 aliphatic heterocycles. The number of aliphatic hydroxyl groups is 1. The zero-order chi connectivity index (χ0) is 23.9. The quantitative estimate of drug-likeness (QED) is 0.547. The predicted molar refractivity (Wildman–Crippen MR) is 123 cm³/mol. The largest absolute Gasteiger partial charge is 0.497 e. The number of methoxy groups -OCH3 is 1. The molecule has 184 valence electrons. The van der Waals surface area contributed by atoms with Crippen LogP contribution >= 0.6 is 0 Å². The van der Waals surface area contributed by atoms with Crippen molar-refractivity contribution in [3.63, 3.8) is 0 Å². The van der Waals surface area contributed by atoms with Gasteiger partial charge < -0.3 is 29.4 Å². The van der Waals surface area contributed by atoms with Crippen molar-refractivity contribution in [3.05, 3.63) is 48.0 Å². The van der Waals surface area contributed by atoms with E-state index in [2.05, 4.69) is 5.32 Å². The molecule has 0 aliphatic carbocycles. The summed E-state index contributed by atoms with van der Waals surface area (Å²) in [7, 11) is 1.59. The van der Waals surface area contributed by atoms with Crippen molar-refractivity contribution >= 4 is 5.91 Å². The second-order valence-corrected chi connectivity index (χ2v) is 8.44. The minimum Gasteiger partial charge on any atom is -0.497 e. The summed E-state index contributed by atoms with van der Waals surface area (Å²) in [6, 6.07) is 11.7. The molecule has 9 heteroatoms. The highest BCUT2D eigenvalue weighted by atomic mass is 19.1. The number of aliphatic hydroxyl groups excluding tert-OH is 1. The third-order valence-electron chi connectivity index (χ3n) is 5.96. The van der Waals surface area contributed by atoms with Crippen LogP contribution < -0.4 is 24.3 Å². The lowest BCUT2D eigenvalue weighted by molar-refractivity contribution is -0.123. The summed E-state index contributed by atoms with van der Waals surface area (Å²) >= 11 is 0. The van der Waals surface area contributed by atoms with Gasteiger partial charge in [0, 0.05) is 19.6 Å². The van der Waals surface area contributed by atoms with E-state index in [-0.39, 0.29) is 18.9 Å². The Bertz CT molecular complexity index is 957. The average Bonchev–Trinajstić information content (AvgIpc) is 3.27. The first kappa shape index (κ1) is 24.1. The minimum atomic E-state index is -0.999. The number of alkyl halides is 1. The smallest absolute Gasteiger partial charge is 0.223 e. The Morgan fingerprint density at radius 1 is 1.18 bits per heavy atom. The van der Waals surface area contributed by atoms with Gasteiger partial charge in [-0.2, -0.15) is 0 Å². The molecule has 0 radical (unpaired) electrons. The van der Waals surface area contributed by atoms with Gasteiger partial charge in [0.25, 0.3) is 0 Å². The Hall–Kier alpha value is -3.04. The number of nitrogens with one attached hydrogen (secondary N) is 1. The lowest BCUT2D eigenvalue weighted by Gasteiger charge is -2.29. The highest BCUT2D eigenvalue weighted by Crippen LogP contribution is 2.33. The van der Waals surface area contributed by atoms with E-state index in [0.717, 1.165) is 5.75 Å². The van der Waals surface area contributed by atoms with E-state index in [1.165, 1.54) is 0 Å². The van der Waals surface area contributed by atoms with Crippen LogP contribution in [-0.4, -0.2) is 74.7 Å². The molecular weight excluding hydrogens is 443 g/mol. The van der Waals surface area contributed by atoms with E-state index in [4.69, 9.17) is 18.9 Å². The molecular formula is C25H31FN2O6. The summed E-state index contributed by atoms with van der Waals surface area (Å²) in [4.78, 5) is 14.6. The fourth-order valence-corrected chi connectivity index (χ4v) is 4.14. The summed E-state index contributed by atoms with van der Waals surface area (Å²) in [6.45, 7) is 2.31. The van der Waals surface area contributed by atoms with Gasteiger partial charge in [0.05, 0.1) is 26.2 Å². The first-order valence-corrected chi connectivity index (χ1v) is 11.5. The number of likely N-dealkylation sites (tertiary alicyclic amines) is 1. The normalized spacial score (nSPS) is 19.3. The number of ether oxygens (including phenoxy) is 4. The van der Waals surface area contributed by atoms with Crippen LogP contribution in [0.3, 0.4) is 0 Å². The third-order valence-corrected chi connectivity index (χ3v) is 5.96. The molecule has 0 spiro atoms. The molecule has 0 aromatic heterocycles. The molecule has 2 aromatic carbocycles. The number of hydrogen-bond acceptors (Lipinski definition) is 7. The van der Waals surface area contributed by atoms with E-state index in [0.29, 0.717) is 62.1 Å². The molecule has 3 atom stereocenters. The lowest BCUT2D eigenvalue weighted by Crippen LogP contribution is -2.47. The molecule has 0 bridgehead atoms. The van der Waals surface area contributed by atoms with E-state index >= 15 is 0 Å². The average molecular weight is 475 g/mol. The van der Waals surface area contributed by atoms with Gasteiger partial charge in [0.2, 0.25) is 5.91 Å². The minimum absolute atomic E-state index is 0.113. The van der Waals surface area contributed by atoms with Crippen LogP contribution in [-0.2, 0) is 4.79 Å². The predicted octanol–water partition coefficient (Wildman–Crippen LogP) is 2.50. The zero-order valence-electron chi connectivity index (χ0n) is 19.2. The van der Waals surface area contributed by atoms with Gasteiger partial charge in [0.1, 0.15) is 37.0 Å². The maximum atomic E-state index is 13.7. The first-order chi connectivity index (χ1) is 16.5. The molecule has 2 N–H and O–H groups in total. The molecule has 8 nitrogen and oxygen atoms in total. The molecule has 2 aromatic rings. The monoisotopic (exact) mass is 474 g/mol. The molecule has 1 amide bonds. The SMILES string of the molecule is COc1ccc(OCCC(=O)NC(CN2CC[C@H](F)C2)[C@@H](O)c2ccc3c(c2)OCCO3)cc1. The van der Waals surface area contributed by atoms with Gasteiger partial charge >= 0.3 is 0 Å². The fraction of sp³-hybridized carbons (Fsp3) is 0.480. The Labute approximate surface area is 198 Å². The van der Waals surface area contributed by atoms with Crippen LogP contribution in [0.1, 0.15) is 24.5 Å². The van der Waals surface area contributed by atoms with Gasteiger partial charge in [-0.1, -0.05) is 6.07 Å². The zero-order valence-corrected chi connectivity index (χ0v) is 19.2. The molecule has 0 saturated carbocycles. The van der Waals surface area contributed by atoms with Crippen molar-refractivity contribution < 1.29 is 33.2 Å². The summed E-state index contributed by atoms with van der Waals surface area (Å²) in [5.74, 6) is 2.28. The van der Waals surface area contributed by atoms with Gasteiger partial charge in [-0.15, -0.1) is 0 Å². The van der Waals surface area contributed by atoms with E-state index in [1.54, 1.807) is 49.6 Å². The number of carbonyl (C=O) groups excluding carboxylic acids is 1. The van der Waals surface area contributed by atoms with Crippen LogP contribution in [0.25, 0.3) is 0 Å². The van der Waals surface area contributed by atoms with Crippen molar-refractivity contribution in [1.29, 1.82) is 0 Å². The van der Waals surface area contributed by atoms with Gasteiger partial charge in [-0.25, -0.2) is 4.39 Å². The second kappa shape index (κ2) is 11.4. The maximum absolute atomic E-state index is 13.7. The van der Waals surface area contributed by atoms with Crippen molar-refractivity contribution in [2.45, 2.75) is 31.2 Å². The first-order valence-electron chi connectivity index (χ1n) is 11.5. The summed E-state index contributed by atoms with van der Waals surface area (Å²) in [5.41, 5.74) is 0.597. The molecule has 1 saturated heterocycles. The molecule has 2 heterocycles. The van der Waals surface area contributed by atoms with E-state index < -0.39 is 18.3 Å². The van der Waals surface area contributed by atoms with Crippen LogP contribution in [0.15, 0.2) is 42.5 Å². The van der Waals surface area contributed by atoms with Crippen molar-refractivity contribution in [2.75, 3.05) is 46.6 Å². The maximum Gasteiger partial charge on any atom is 0.223 e. The number of hydrogen-bond donors (Lipinski definition) is 2. The Morgan fingerprint density at radius 3 is 2.62 bits per heavy atom. The third kappa shape index (κ3) is 6.30. The highest BCUT2D eigenvalue weighted by molar-refractivity contribution is 5.76. The number of benzene rings is 2. The Morgan fingerprint density at radius 2 is 1.91 bits per heavy atom. The summed E-state index contributed by atoms with van der Waals surface area (Å²) in [5, 5.41) is 14.1. The fourth-order valence-electron chi connectivity index (χ4n) is 4.14. The Kier molecular flexibility index (Phi) is 8.08. The number of fused-ring (bicyclic) bond motifs is 1. The van der Waals surface area contributed by atoms with Gasteiger partial charge in [-0.3, -0.25) is 9.69 Å². The molecule has 1 unspecified atom stereocenters. The standard InChI is InChI=1S/C25H31FN2O6/c1-31-19-3-5-20(6-4-19)32-11-9-24(29)27-21(16-28-10-8-18(26)15-28)25(30)17-2-7-22-23(14-17)34-13-12-33-22/h2-7,14,18,21,25,30H,8-13,15-16H2,1H3,(H,27,29)/t18-,21?,25-/m0/s1.